The van der Waals surface area contributed by atoms with Gasteiger partial charge in [-0.15, -0.1) is 0 Å². The van der Waals surface area contributed by atoms with Crippen LogP contribution < -0.4 is 5.32 Å². The van der Waals surface area contributed by atoms with Crippen molar-refractivity contribution in [1.82, 2.24) is 15.1 Å². The summed E-state index contributed by atoms with van der Waals surface area (Å²) in [6.07, 6.45) is 2.10. The Labute approximate surface area is 99.0 Å². The molecule has 0 radical (unpaired) electrons. The standard InChI is InChI=1S/C12H25N3O/c1-5-13-11-7-6-8-15(12(11)16)10(2)9-14(3)4/h10-11,13H,5-9H2,1-4H3. The zero-order valence-corrected chi connectivity index (χ0v) is 11.0. The van der Waals surface area contributed by atoms with Crippen LogP contribution in [0.4, 0.5) is 0 Å². The van der Waals surface area contributed by atoms with Crippen LogP contribution in [0.1, 0.15) is 26.7 Å². The fraction of sp³-hybridized carbons (Fsp3) is 0.917. The minimum atomic E-state index is 0.0448. The molecule has 0 aromatic heterocycles. The smallest absolute Gasteiger partial charge is 0.239 e. The minimum Gasteiger partial charge on any atom is -0.337 e. The van der Waals surface area contributed by atoms with Gasteiger partial charge in [0.05, 0.1) is 6.04 Å². The van der Waals surface area contributed by atoms with Gasteiger partial charge in [0, 0.05) is 19.1 Å². The molecular formula is C12H25N3O. The molecule has 0 bridgehead atoms. The van der Waals surface area contributed by atoms with Crippen molar-refractivity contribution >= 4 is 5.91 Å². The van der Waals surface area contributed by atoms with Gasteiger partial charge < -0.3 is 15.1 Å². The summed E-state index contributed by atoms with van der Waals surface area (Å²) < 4.78 is 0. The fourth-order valence-electron chi connectivity index (χ4n) is 2.40. The van der Waals surface area contributed by atoms with Crippen LogP contribution in [0.5, 0.6) is 0 Å². The van der Waals surface area contributed by atoms with Crippen molar-refractivity contribution in [3.05, 3.63) is 0 Å². The van der Waals surface area contributed by atoms with E-state index < -0.39 is 0 Å². The van der Waals surface area contributed by atoms with E-state index in [4.69, 9.17) is 0 Å². The van der Waals surface area contributed by atoms with Crippen LogP contribution in [0.15, 0.2) is 0 Å². The third-order valence-corrected chi connectivity index (χ3v) is 3.08. The maximum Gasteiger partial charge on any atom is 0.239 e. The van der Waals surface area contributed by atoms with Crippen molar-refractivity contribution in [3.63, 3.8) is 0 Å². The van der Waals surface area contributed by atoms with Gasteiger partial charge in [0.15, 0.2) is 0 Å². The normalized spacial score (nSPS) is 23.9. The quantitative estimate of drug-likeness (QED) is 0.744. The minimum absolute atomic E-state index is 0.0448. The third-order valence-electron chi connectivity index (χ3n) is 3.08. The molecule has 1 heterocycles. The van der Waals surface area contributed by atoms with Gasteiger partial charge in [0.1, 0.15) is 0 Å². The van der Waals surface area contributed by atoms with Crippen molar-refractivity contribution in [2.24, 2.45) is 0 Å². The molecule has 2 unspecified atom stereocenters. The van der Waals surface area contributed by atoms with Crippen LogP contribution in [-0.4, -0.2) is 61.5 Å². The van der Waals surface area contributed by atoms with E-state index in [1.165, 1.54) is 0 Å². The highest BCUT2D eigenvalue weighted by atomic mass is 16.2. The zero-order chi connectivity index (χ0) is 12.1. The molecule has 4 nitrogen and oxygen atoms in total. The molecule has 0 aromatic carbocycles. The summed E-state index contributed by atoms with van der Waals surface area (Å²) in [6.45, 7) is 6.90. The van der Waals surface area contributed by atoms with E-state index in [0.717, 1.165) is 32.5 Å². The molecule has 0 saturated carbocycles. The molecule has 1 aliphatic rings. The number of hydrogen-bond acceptors (Lipinski definition) is 3. The Hall–Kier alpha value is -0.610. The summed E-state index contributed by atoms with van der Waals surface area (Å²) >= 11 is 0. The third kappa shape index (κ3) is 3.46. The predicted octanol–water partition coefficient (Wildman–Crippen LogP) is 0.537. The number of likely N-dealkylation sites (tertiary alicyclic amines) is 1. The van der Waals surface area contributed by atoms with Crippen molar-refractivity contribution in [3.8, 4) is 0 Å². The molecule has 1 aliphatic heterocycles. The molecule has 4 heteroatoms. The molecule has 1 amide bonds. The molecule has 1 saturated heterocycles. The van der Waals surface area contributed by atoms with E-state index >= 15 is 0 Å². The molecule has 1 N–H and O–H groups in total. The van der Waals surface area contributed by atoms with E-state index in [-0.39, 0.29) is 11.9 Å². The summed E-state index contributed by atoms with van der Waals surface area (Å²) in [7, 11) is 4.10. The second-order valence-electron chi connectivity index (χ2n) is 4.90. The van der Waals surface area contributed by atoms with Gasteiger partial charge in [0.25, 0.3) is 0 Å². The van der Waals surface area contributed by atoms with Gasteiger partial charge >= 0.3 is 0 Å². The summed E-state index contributed by atoms with van der Waals surface area (Å²) in [4.78, 5) is 16.3. The van der Waals surface area contributed by atoms with Crippen LogP contribution >= 0.6 is 0 Å². The summed E-state index contributed by atoms with van der Waals surface area (Å²) in [5.41, 5.74) is 0. The second-order valence-corrected chi connectivity index (χ2v) is 4.90. The number of carbonyl (C=O) groups excluding carboxylic acids is 1. The van der Waals surface area contributed by atoms with Crippen molar-refractivity contribution in [2.45, 2.75) is 38.8 Å². The number of carbonyl (C=O) groups is 1. The first kappa shape index (κ1) is 13.5. The molecule has 0 spiro atoms. The maximum atomic E-state index is 12.2. The van der Waals surface area contributed by atoms with Gasteiger partial charge in [0.2, 0.25) is 5.91 Å². The summed E-state index contributed by atoms with van der Waals surface area (Å²) in [5, 5.41) is 3.27. The highest BCUT2D eigenvalue weighted by molar-refractivity contribution is 5.82. The Bertz CT molecular complexity index is 228. The molecule has 2 atom stereocenters. The maximum absolute atomic E-state index is 12.2. The van der Waals surface area contributed by atoms with Crippen molar-refractivity contribution in [1.29, 1.82) is 0 Å². The number of nitrogens with one attached hydrogen (secondary N) is 1. The second kappa shape index (κ2) is 6.21. The van der Waals surface area contributed by atoms with Crippen LogP contribution in [0, 0.1) is 0 Å². The number of piperidine rings is 1. The lowest BCUT2D eigenvalue weighted by Crippen LogP contribution is -2.55. The Morgan fingerprint density at radius 1 is 1.56 bits per heavy atom. The van der Waals surface area contributed by atoms with E-state index in [9.17, 15) is 4.79 Å². The lowest BCUT2D eigenvalue weighted by molar-refractivity contribution is -0.138. The first-order valence-electron chi connectivity index (χ1n) is 6.24. The Kier molecular flexibility index (Phi) is 5.22. The predicted molar refractivity (Wildman–Crippen MR) is 66.4 cm³/mol. The average molecular weight is 227 g/mol. The van der Waals surface area contributed by atoms with Gasteiger partial charge in [-0.3, -0.25) is 4.79 Å². The van der Waals surface area contributed by atoms with Crippen LogP contribution in [-0.2, 0) is 4.79 Å². The fourth-order valence-corrected chi connectivity index (χ4v) is 2.40. The van der Waals surface area contributed by atoms with Crippen LogP contribution in [0.25, 0.3) is 0 Å². The lowest BCUT2D eigenvalue weighted by Gasteiger charge is -2.37. The Morgan fingerprint density at radius 2 is 2.25 bits per heavy atom. The Morgan fingerprint density at radius 3 is 2.81 bits per heavy atom. The number of amides is 1. The lowest BCUT2D eigenvalue weighted by atomic mass is 10.0. The van der Waals surface area contributed by atoms with Gasteiger partial charge in [-0.25, -0.2) is 0 Å². The molecule has 0 aliphatic carbocycles. The van der Waals surface area contributed by atoms with E-state index in [1.54, 1.807) is 0 Å². The number of hydrogen-bond donors (Lipinski definition) is 1. The van der Waals surface area contributed by atoms with Crippen molar-refractivity contribution < 1.29 is 4.79 Å². The largest absolute Gasteiger partial charge is 0.337 e. The molecule has 16 heavy (non-hydrogen) atoms. The van der Waals surface area contributed by atoms with E-state index in [1.807, 2.05) is 19.0 Å². The number of nitrogens with zero attached hydrogens (tertiary/aromatic N) is 2. The first-order valence-corrected chi connectivity index (χ1v) is 6.24. The van der Waals surface area contributed by atoms with Crippen LogP contribution in [0.2, 0.25) is 0 Å². The monoisotopic (exact) mass is 227 g/mol. The number of rotatable bonds is 5. The average Bonchev–Trinajstić information content (AvgIpc) is 2.20. The molecule has 94 valence electrons. The topological polar surface area (TPSA) is 35.6 Å². The summed E-state index contributed by atoms with van der Waals surface area (Å²) in [5.74, 6) is 0.280. The highest BCUT2D eigenvalue weighted by Gasteiger charge is 2.30. The van der Waals surface area contributed by atoms with E-state index in [0.29, 0.717) is 6.04 Å². The van der Waals surface area contributed by atoms with Gasteiger partial charge in [-0.05, 0) is 40.4 Å². The van der Waals surface area contributed by atoms with Gasteiger partial charge in [-0.1, -0.05) is 6.92 Å². The highest BCUT2D eigenvalue weighted by Crippen LogP contribution is 2.15. The van der Waals surface area contributed by atoms with Gasteiger partial charge in [-0.2, -0.15) is 0 Å². The van der Waals surface area contributed by atoms with Crippen LogP contribution in [0.3, 0.4) is 0 Å². The van der Waals surface area contributed by atoms with Crippen molar-refractivity contribution in [2.75, 3.05) is 33.7 Å². The SMILES string of the molecule is CCNC1CCCN(C(C)CN(C)C)C1=O. The van der Waals surface area contributed by atoms with E-state index in [2.05, 4.69) is 24.1 Å². The molecular weight excluding hydrogens is 202 g/mol. The first-order chi connectivity index (χ1) is 7.56. The molecule has 1 fully saturated rings. The molecule has 1 rings (SSSR count). The number of likely N-dealkylation sites (N-methyl/N-ethyl adjacent to an activating group) is 2. The zero-order valence-electron chi connectivity index (χ0n) is 11.0. The summed E-state index contributed by atoms with van der Waals surface area (Å²) in [6, 6.07) is 0.354. The Balaban J connectivity index is 2.55. The molecule has 0 aromatic rings.